The minimum atomic E-state index is -0.549. The molecule has 0 atom stereocenters. The summed E-state index contributed by atoms with van der Waals surface area (Å²) in [6.07, 6.45) is 0.0259. The van der Waals surface area contributed by atoms with Gasteiger partial charge in [0.2, 0.25) is 0 Å². The molecule has 25 heavy (non-hydrogen) atoms. The van der Waals surface area contributed by atoms with E-state index in [4.69, 9.17) is 9.47 Å². The van der Waals surface area contributed by atoms with E-state index in [9.17, 15) is 20.0 Å². The van der Waals surface area contributed by atoms with Crippen LogP contribution in [0.15, 0.2) is 30.5 Å². The van der Waals surface area contributed by atoms with Crippen molar-refractivity contribution in [3.63, 3.8) is 0 Å². The number of allylic oxidation sites excluding steroid dienone is 1. The number of aliphatic hydroxyl groups is 1. The van der Waals surface area contributed by atoms with Crippen molar-refractivity contribution in [2.45, 2.75) is 39.2 Å². The minimum absolute atomic E-state index is 0.0201. The molecular weight excluding hydrogens is 328 g/mol. The molecule has 0 saturated carbocycles. The van der Waals surface area contributed by atoms with E-state index in [0.717, 1.165) is 0 Å². The first kappa shape index (κ1) is 20.3. The molecule has 0 spiro atoms. The molecule has 0 fully saturated rings. The van der Waals surface area contributed by atoms with Gasteiger partial charge in [0.1, 0.15) is 11.4 Å². The molecular formula is C17H24N2O6. The SMILES string of the molecule is C=C(O)Cc1cc(OCCCNC(=O)OC(C)(C)C)ccc1[N+](=O)[O-]. The average Bonchev–Trinajstić information content (AvgIpc) is 2.44. The number of nitro benzene ring substituents is 1. The number of nitrogens with one attached hydrogen (secondary N) is 1. The van der Waals surface area contributed by atoms with E-state index >= 15 is 0 Å². The highest BCUT2D eigenvalue weighted by molar-refractivity contribution is 5.67. The second-order valence-electron chi connectivity index (χ2n) is 6.42. The summed E-state index contributed by atoms with van der Waals surface area (Å²) in [5.74, 6) is 0.279. The summed E-state index contributed by atoms with van der Waals surface area (Å²) in [5, 5.41) is 22.9. The third-order valence-electron chi connectivity index (χ3n) is 2.90. The van der Waals surface area contributed by atoms with Gasteiger partial charge in [-0.3, -0.25) is 10.1 Å². The first-order valence-corrected chi connectivity index (χ1v) is 7.82. The van der Waals surface area contributed by atoms with Gasteiger partial charge in [0.25, 0.3) is 5.69 Å². The molecule has 1 aromatic carbocycles. The highest BCUT2D eigenvalue weighted by Crippen LogP contribution is 2.25. The van der Waals surface area contributed by atoms with Gasteiger partial charge >= 0.3 is 6.09 Å². The third-order valence-corrected chi connectivity index (χ3v) is 2.90. The number of carbonyl (C=O) groups is 1. The van der Waals surface area contributed by atoms with Crippen LogP contribution >= 0.6 is 0 Å². The van der Waals surface area contributed by atoms with Crippen molar-refractivity contribution in [2.24, 2.45) is 0 Å². The van der Waals surface area contributed by atoms with Crippen molar-refractivity contribution in [1.29, 1.82) is 0 Å². The summed E-state index contributed by atoms with van der Waals surface area (Å²) in [6, 6.07) is 4.32. The number of alkyl carbamates (subject to hydrolysis) is 1. The molecule has 0 saturated heterocycles. The number of aliphatic hydroxyl groups excluding tert-OH is 1. The number of ether oxygens (including phenoxy) is 2. The van der Waals surface area contributed by atoms with Crippen LogP contribution in [0.4, 0.5) is 10.5 Å². The summed E-state index contributed by atoms with van der Waals surface area (Å²) in [5.41, 5.74) is -0.331. The van der Waals surface area contributed by atoms with E-state index < -0.39 is 16.6 Å². The van der Waals surface area contributed by atoms with Crippen molar-refractivity contribution in [1.82, 2.24) is 5.32 Å². The summed E-state index contributed by atoms with van der Waals surface area (Å²) in [7, 11) is 0. The highest BCUT2D eigenvalue weighted by atomic mass is 16.6. The number of benzene rings is 1. The lowest BCUT2D eigenvalue weighted by atomic mass is 10.1. The predicted molar refractivity (Wildman–Crippen MR) is 92.9 cm³/mol. The molecule has 0 aliphatic heterocycles. The van der Waals surface area contributed by atoms with Gasteiger partial charge in [-0.25, -0.2) is 4.79 Å². The van der Waals surface area contributed by atoms with Gasteiger partial charge in [0, 0.05) is 24.6 Å². The number of hydrogen-bond acceptors (Lipinski definition) is 6. The molecule has 1 amide bonds. The van der Waals surface area contributed by atoms with Crippen LogP contribution in [-0.4, -0.2) is 34.9 Å². The van der Waals surface area contributed by atoms with Crippen LogP contribution in [0.1, 0.15) is 32.8 Å². The topological polar surface area (TPSA) is 111 Å². The summed E-state index contributed by atoms with van der Waals surface area (Å²) in [4.78, 5) is 21.9. The fourth-order valence-corrected chi connectivity index (χ4v) is 1.96. The Bertz CT molecular complexity index is 637. The number of carbonyl (C=O) groups excluding carboxylic acids is 1. The van der Waals surface area contributed by atoms with Crippen molar-refractivity contribution in [3.05, 3.63) is 46.2 Å². The number of nitrogens with zero attached hydrogens (tertiary/aromatic N) is 1. The first-order valence-electron chi connectivity index (χ1n) is 7.82. The van der Waals surface area contributed by atoms with Gasteiger partial charge in [0.05, 0.1) is 17.3 Å². The summed E-state index contributed by atoms with van der Waals surface area (Å²) >= 11 is 0. The fourth-order valence-electron chi connectivity index (χ4n) is 1.96. The summed E-state index contributed by atoms with van der Waals surface area (Å²) < 4.78 is 10.6. The monoisotopic (exact) mass is 352 g/mol. The highest BCUT2D eigenvalue weighted by Gasteiger charge is 2.16. The maximum atomic E-state index is 11.5. The molecule has 0 radical (unpaired) electrons. The van der Waals surface area contributed by atoms with Gasteiger partial charge < -0.3 is 19.9 Å². The second kappa shape index (κ2) is 8.91. The first-order chi connectivity index (χ1) is 11.6. The normalized spacial score (nSPS) is 10.8. The zero-order chi connectivity index (χ0) is 19.0. The standard InChI is InChI=1S/C17H24N2O6/c1-12(20)10-13-11-14(6-7-15(13)19(22)23)24-9-5-8-18-16(21)25-17(2,3)4/h6-7,11,20H,1,5,8-10H2,2-4H3,(H,18,21). The largest absolute Gasteiger partial charge is 0.513 e. The van der Waals surface area contributed by atoms with E-state index in [0.29, 0.717) is 30.9 Å². The molecule has 0 heterocycles. The Kier molecular flexibility index (Phi) is 7.22. The maximum absolute atomic E-state index is 11.5. The zero-order valence-corrected chi connectivity index (χ0v) is 14.7. The molecule has 0 bridgehead atoms. The van der Waals surface area contributed by atoms with Crippen LogP contribution in [-0.2, 0) is 11.2 Å². The Morgan fingerprint density at radius 1 is 1.40 bits per heavy atom. The number of nitro groups is 1. The molecule has 2 N–H and O–H groups in total. The van der Waals surface area contributed by atoms with E-state index in [1.165, 1.54) is 18.2 Å². The quantitative estimate of drug-likeness (QED) is 0.320. The van der Waals surface area contributed by atoms with Crippen LogP contribution in [0.3, 0.4) is 0 Å². The van der Waals surface area contributed by atoms with E-state index in [-0.39, 0.29) is 17.9 Å². The maximum Gasteiger partial charge on any atom is 0.407 e. The van der Waals surface area contributed by atoms with E-state index in [1.54, 1.807) is 20.8 Å². The zero-order valence-electron chi connectivity index (χ0n) is 14.7. The van der Waals surface area contributed by atoms with Crippen molar-refractivity contribution < 1.29 is 24.3 Å². The lowest BCUT2D eigenvalue weighted by Gasteiger charge is -2.19. The fraction of sp³-hybridized carbons (Fsp3) is 0.471. The Labute approximate surface area is 146 Å². The molecule has 8 nitrogen and oxygen atoms in total. The molecule has 8 heteroatoms. The molecule has 0 aliphatic carbocycles. The molecule has 0 aliphatic rings. The Balaban J connectivity index is 2.48. The van der Waals surface area contributed by atoms with Crippen LogP contribution < -0.4 is 10.1 Å². The van der Waals surface area contributed by atoms with Gasteiger partial charge in [-0.1, -0.05) is 6.58 Å². The molecule has 1 rings (SSSR count). The molecule has 0 aromatic heterocycles. The van der Waals surface area contributed by atoms with Crippen molar-refractivity contribution >= 4 is 11.8 Å². The second-order valence-corrected chi connectivity index (χ2v) is 6.42. The van der Waals surface area contributed by atoms with Gasteiger partial charge in [0.15, 0.2) is 0 Å². The van der Waals surface area contributed by atoms with Crippen LogP contribution in [0.5, 0.6) is 5.75 Å². The van der Waals surface area contributed by atoms with Crippen LogP contribution in [0, 0.1) is 10.1 Å². The smallest absolute Gasteiger partial charge is 0.407 e. The lowest BCUT2D eigenvalue weighted by Crippen LogP contribution is -2.33. The molecule has 0 unspecified atom stereocenters. The van der Waals surface area contributed by atoms with Crippen LogP contribution in [0.25, 0.3) is 0 Å². The number of rotatable bonds is 8. The Morgan fingerprint density at radius 3 is 2.64 bits per heavy atom. The number of amides is 1. The third kappa shape index (κ3) is 8.05. The van der Waals surface area contributed by atoms with Crippen molar-refractivity contribution in [2.75, 3.05) is 13.2 Å². The molecule has 138 valence electrons. The lowest BCUT2D eigenvalue weighted by molar-refractivity contribution is -0.385. The predicted octanol–water partition coefficient (Wildman–Crippen LogP) is 3.50. The minimum Gasteiger partial charge on any atom is -0.513 e. The van der Waals surface area contributed by atoms with Crippen molar-refractivity contribution in [3.8, 4) is 5.75 Å². The van der Waals surface area contributed by atoms with E-state index in [1.807, 2.05) is 0 Å². The molecule has 1 aromatic rings. The Hall–Kier alpha value is -2.77. The van der Waals surface area contributed by atoms with Gasteiger partial charge in [-0.05, 0) is 39.3 Å². The van der Waals surface area contributed by atoms with Crippen LogP contribution in [0.2, 0.25) is 0 Å². The average molecular weight is 352 g/mol. The Morgan fingerprint density at radius 2 is 2.08 bits per heavy atom. The van der Waals surface area contributed by atoms with E-state index in [2.05, 4.69) is 11.9 Å². The summed E-state index contributed by atoms with van der Waals surface area (Å²) in [6.45, 7) is 9.38. The van der Waals surface area contributed by atoms with Gasteiger partial charge in [-0.2, -0.15) is 0 Å². The van der Waals surface area contributed by atoms with Gasteiger partial charge in [-0.15, -0.1) is 0 Å². The number of hydrogen-bond donors (Lipinski definition) is 2.